The molecule has 2 fully saturated rings. The molecule has 2 aromatic rings. The summed E-state index contributed by atoms with van der Waals surface area (Å²) < 4.78 is 28.5. The van der Waals surface area contributed by atoms with Crippen LogP contribution in [0.4, 0.5) is 5.69 Å². The molecule has 7 nitrogen and oxygen atoms in total. The van der Waals surface area contributed by atoms with E-state index in [2.05, 4.69) is 48.0 Å². The second kappa shape index (κ2) is 9.50. The van der Waals surface area contributed by atoms with Crippen molar-refractivity contribution >= 4 is 21.6 Å². The highest BCUT2D eigenvalue weighted by molar-refractivity contribution is 7.89. The van der Waals surface area contributed by atoms with Crippen molar-refractivity contribution in [2.24, 2.45) is 0 Å². The predicted octanol–water partition coefficient (Wildman–Crippen LogP) is 3.86. The SMILES string of the molecule is Cc1cccc(N2CCN(C(=O)c3[nH]c(C)c(S(=O)(=O)N4CCCCCC4)c3C)CC2C)c1. The fourth-order valence-electron chi connectivity index (χ4n) is 5.24. The Bertz CT molecular complexity index is 1120. The van der Waals surface area contributed by atoms with Gasteiger partial charge in [-0.05, 0) is 63.8 Å². The number of sulfonamides is 1. The third-order valence-electron chi connectivity index (χ3n) is 6.99. The van der Waals surface area contributed by atoms with Crippen LogP contribution in [0.15, 0.2) is 29.2 Å². The van der Waals surface area contributed by atoms with Crippen LogP contribution < -0.4 is 4.90 Å². The standard InChI is InChI=1S/C25H36N4O3S/c1-18-10-9-11-22(16-18)29-15-14-27(17-19(29)2)25(30)23-20(3)24(21(4)26-23)33(31,32)28-12-7-5-6-8-13-28/h9-11,16,19,26H,5-8,12-15,17H2,1-4H3. The molecule has 1 N–H and O–H groups in total. The first-order valence-electron chi connectivity index (χ1n) is 12.0. The van der Waals surface area contributed by atoms with Gasteiger partial charge < -0.3 is 14.8 Å². The third-order valence-corrected chi connectivity index (χ3v) is 9.17. The number of carbonyl (C=O) groups is 1. The van der Waals surface area contributed by atoms with E-state index in [0.717, 1.165) is 32.2 Å². The highest BCUT2D eigenvalue weighted by atomic mass is 32.2. The lowest BCUT2D eigenvalue weighted by Crippen LogP contribution is -2.54. The first kappa shape index (κ1) is 23.8. The zero-order chi connectivity index (χ0) is 23.8. The number of hydrogen-bond donors (Lipinski definition) is 1. The maximum Gasteiger partial charge on any atom is 0.270 e. The molecule has 1 atom stereocenters. The van der Waals surface area contributed by atoms with Crippen LogP contribution in [-0.2, 0) is 10.0 Å². The van der Waals surface area contributed by atoms with E-state index in [1.54, 1.807) is 18.2 Å². The fraction of sp³-hybridized carbons (Fsp3) is 0.560. The number of nitrogens with zero attached hydrogens (tertiary/aromatic N) is 3. The van der Waals surface area contributed by atoms with Gasteiger partial charge in [0, 0.05) is 50.1 Å². The van der Waals surface area contributed by atoms with Crippen LogP contribution in [-0.4, -0.2) is 67.3 Å². The van der Waals surface area contributed by atoms with Gasteiger partial charge in [0.05, 0.1) is 0 Å². The number of carbonyl (C=O) groups excluding carboxylic acids is 1. The van der Waals surface area contributed by atoms with Crippen molar-refractivity contribution in [3.63, 3.8) is 0 Å². The van der Waals surface area contributed by atoms with Gasteiger partial charge in [0.25, 0.3) is 5.91 Å². The van der Waals surface area contributed by atoms with E-state index >= 15 is 0 Å². The average molecular weight is 473 g/mol. The molecule has 2 saturated heterocycles. The molecule has 1 amide bonds. The summed E-state index contributed by atoms with van der Waals surface area (Å²) in [6.07, 6.45) is 3.90. The Balaban J connectivity index is 1.54. The van der Waals surface area contributed by atoms with Crippen molar-refractivity contribution in [3.8, 4) is 0 Å². The first-order valence-corrected chi connectivity index (χ1v) is 13.5. The molecular formula is C25H36N4O3S. The normalized spacial score (nSPS) is 20.7. The van der Waals surface area contributed by atoms with E-state index in [1.807, 2.05) is 4.90 Å². The molecule has 3 heterocycles. The van der Waals surface area contributed by atoms with E-state index in [0.29, 0.717) is 43.1 Å². The van der Waals surface area contributed by atoms with Gasteiger partial charge in [-0.15, -0.1) is 0 Å². The van der Waals surface area contributed by atoms with Crippen molar-refractivity contribution in [1.29, 1.82) is 0 Å². The molecule has 33 heavy (non-hydrogen) atoms. The zero-order valence-corrected chi connectivity index (χ0v) is 21.0. The quantitative estimate of drug-likeness (QED) is 0.733. The van der Waals surface area contributed by atoms with Gasteiger partial charge in [0.2, 0.25) is 10.0 Å². The Kier molecular flexibility index (Phi) is 6.86. The molecular weight excluding hydrogens is 436 g/mol. The molecule has 2 aliphatic rings. The van der Waals surface area contributed by atoms with Gasteiger partial charge >= 0.3 is 0 Å². The number of piperazine rings is 1. The second-order valence-corrected chi connectivity index (χ2v) is 11.4. The number of aryl methyl sites for hydroxylation is 2. The molecule has 0 saturated carbocycles. The van der Waals surface area contributed by atoms with Gasteiger partial charge in [0.1, 0.15) is 10.6 Å². The van der Waals surface area contributed by atoms with Crippen molar-refractivity contribution < 1.29 is 13.2 Å². The number of aromatic amines is 1. The van der Waals surface area contributed by atoms with Crippen LogP contribution in [0, 0.1) is 20.8 Å². The van der Waals surface area contributed by atoms with Gasteiger partial charge in [-0.1, -0.05) is 25.0 Å². The summed E-state index contributed by atoms with van der Waals surface area (Å²) in [6.45, 7) is 10.8. The highest BCUT2D eigenvalue weighted by Crippen LogP contribution is 2.30. The molecule has 8 heteroatoms. The van der Waals surface area contributed by atoms with Crippen molar-refractivity contribution in [2.75, 3.05) is 37.6 Å². The minimum absolute atomic E-state index is 0.122. The summed E-state index contributed by atoms with van der Waals surface area (Å²) >= 11 is 0. The van der Waals surface area contributed by atoms with E-state index in [-0.39, 0.29) is 16.8 Å². The monoisotopic (exact) mass is 472 g/mol. The number of H-pyrrole nitrogens is 1. The molecule has 0 spiro atoms. The molecule has 1 aromatic heterocycles. The predicted molar refractivity (Wildman–Crippen MR) is 131 cm³/mol. The van der Waals surface area contributed by atoms with Crippen LogP contribution in [0.2, 0.25) is 0 Å². The van der Waals surface area contributed by atoms with Gasteiger partial charge in [-0.25, -0.2) is 8.42 Å². The lowest BCUT2D eigenvalue weighted by molar-refractivity contribution is 0.0720. The average Bonchev–Trinajstić information content (AvgIpc) is 2.95. The molecule has 0 radical (unpaired) electrons. The number of aromatic nitrogens is 1. The summed E-state index contributed by atoms with van der Waals surface area (Å²) in [5, 5.41) is 0. The number of rotatable bonds is 4. The first-order chi connectivity index (χ1) is 15.7. The maximum atomic E-state index is 13.5. The highest BCUT2D eigenvalue weighted by Gasteiger charge is 2.34. The lowest BCUT2D eigenvalue weighted by atomic mass is 10.1. The minimum Gasteiger partial charge on any atom is -0.365 e. The van der Waals surface area contributed by atoms with Crippen molar-refractivity contribution in [3.05, 3.63) is 46.8 Å². The Morgan fingerprint density at radius 2 is 1.70 bits per heavy atom. The third kappa shape index (κ3) is 4.68. The van der Waals surface area contributed by atoms with E-state index in [9.17, 15) is 13.2 Å². The number of amides is 1. The summed E-state index contributed by atoms with van der Waals surface area (Å²) in [6, 6.07) is 8.60. The van der Waals surface area contributed by atoms with Crippen LogP contribution in [0.25, 0.3) is 0 Å². The van der Waals surface area contributed by atoms with Gasteiger partial charge in [-0.3, -0.25) is 4.79 Å². The van der Waals surface area contributed by atoms with Crippen LogP contribution in [0.1, 0.15) is 59.9 Å². The van der Waals surface area contributed by atoms with E-state index < -0.39 is 10.0 Å². The zero-order valence-electron chi connectivity index (χ0n) is 20.2. The minimum atomic E-state index is -3.63. The van der Waals surface area contributed by atoms with E-state index in [4.69, 9.17) is 0 Å². The summed E-state index contributed by atoms with van der Waals surface area (Å²) in [5.74, 6) is -0.122. The molecule has 0 bridgehead atoms. The van der Waals surface area contributed by atoms with Crippen molar-refractivity contribution in [1.82, 2.24) is 14.2 Å². The Hall–Kier alpha value is -2.32. The maximum absolute atomic E-state index is 13.5. The molecule has 1 unspecified atom stereocenters. The van der Waals surface area contributed by atoms with Crippen LogP contribution >= 0.6 is 0 Å². The number of benzene rings is 1. The van der Waals surface area contributed by atoms with Crippen molar-refractivity contribution in [2.45, 2.75) is 64.3 Å². The van der Waals surface area contributed by atoms with Gasteiger partial charge in [-0.2, -0.15) is 4.31 Å². The Labute approximate surface area is 197 Å². The fourth-order valence-corrected chi connectivity index (χ4v) is 7.16. The summed E-state index contributed by atoms with van der Waals surface area (Å²) in [4.78, 5) is 21.0. The molecule has 1 aromatic carbocycles. The summed E-state index contributed by atoms with van der Waals surface area (Å²) in [5.41, 5.74) is 3.88. The topological polar surface area (TPSA) is 76.7 Å². The number of anilines is 1. The Morgan fingerprint density at radius 1 is 1.00 bits per heavy atom. The smallest absolute Gasteiger partial charge is 0.270 e. The van der Waals surface area contributed by atoms with Crippen LogP contribution in [0.5, 0.6) is 0 Å². The molecule has 180 valence electrons. The number of hydrogen-bond acceptors (Lipinski definition) is 4. The lowest BCUT2D eigenvalue weighted by Gasteiger charge is -2.41. The largest absolute Gasteiger partial charge is 0.365 e. The van der Waals surface area contributed by atoms with Gasteiger partial charge in [0.15, 0.2) is 0 Å². The molecule has 2 aliphatic heterocycles. The molecule has 4 rings (SSSR count). The number of nitrogens with one attached hydrogen (secondary N) is 1. The summed E-state index contributed by atoms with van der Waals surface area (Å²) in [7, 11) is -3.63. The van der Waals surface area contributed by atoms with Crippen LogP contribution in [0.3, 0.4) is 0 Å². The van der Waals surface area contributed by atoms with E-state index in [1.165, 1.54) is 11.3 Å². The Morgan fingerprint density at radius 3 is 2.33 bits per heavy atom. The second-order valence-electron chi connectivity index (χ2n) is 9.53. The molecule has 0 aliphatic carbocycles.